The Balaban J connectivity index is 5.25. The lowest BCUT2D eigenvalue weighted by atomic mass is 9.99. The maximum atomic E-state index is 13.1. The largest absolute Gasteiger partial charge is 0.472 e. The van der Waals surface area contributed by atoms with Crippen LogP contribution in [0.4, 0.5) is 0 Å². The van der Waals surface area contributed by atoms with Gasteiger partial charge in [0.15, 0.2) is 12.2 Å². The van der Waals surface area contributed by atoms with Gasteiger partial charge in [0.2, 0.25) is 0 Å². The molecule has 0 aromatic carbocycles. The number of rotatable bonds is 73. The Morgan fingerprint density at radius 2 is 0.543 bits per heavy atom. The Labute approximate surface area is 575 Å². The van der Waals surface area contributed by atoms with Gasteiger partial charge in [-0.15, -0.1) is 0 Å². The van der Waals surface area contributed by atoms with E-state index in [-0.39, 0.29) is 25.7 Å². The first-order valence-electron chi connectivity index (χ1n) is 38.9. The minimum absolute atomic E-state index is 0.106. The molecule has 0 rings (SSSR count). The van der Waals surface area contributed by atoms with Gasteiger partial charge in [0.1, 0.15) is 19.3 Å². The molecular weight excluding hydrogens is 1230 g/mol. The van der Waals surface area contributed by atoms with Gasteiger partial charge in [-0.05, 0) is 43.4 Å². The number of hydrogen-bond donors (Lipinski definition) is 3. The molecule has 0 aliphatic rings. The quantitative estimate of drug-likeness (QED) is 0.0222. The van der Waals surface area contributed by atoms with Crippen molar-refractivity contribution in [3.05, 3.63) is 0 Å². The first-order chi connectivity index (χ1) is 45.3. The average Bonchev–Trinajstić information content (AvgIpc) is 1.37. The molecule has 0 aliphatic heterocycles. The summed E-state index contributed by atoms with van der Waals surface area (Å²) in [7, 11) is -9.91. The van der Waals surface area contributed by atoms with Crippen LogP contribution >= 0.6 is 15.6 Å². The number of phosphoric ester groups is 2. The number of aliphatic hydroxyl groups excluding tert-OH is 1. The highest BCUT2D eigenvalue weighted by Gasteiger charge is 2.30. The molecule has 0 aromatic heterocycles. The van der Waals surface area contributed by atoms with Crippen LogP contribution in [-0.4, -0.2) is 96.7 Å². The van der Waals surface area contributed by atoms with Crippen molar-refractivity contribution < 1.29 is 80.2 Å². The van der Waals surface area contributed by atoms with Gasteiger partial charge in [-0.25, -0.2) is 9.13 Å². The molecule has 94 heavy (non-hydrogen) atoms. The number of carbonyl (C=O) groups is 4. The molecule has 17 nitrogen and oxygen atoms in total. The van der Waals surface area contributed by atoms with E-state index in [1.54, 1.807) is 0 Å². The minimum atomic E-state index is -4.96. The number of esters is 4. The third-order valence-corrected chi connectivity index (χ3v) is 19.6. The normalized spacial score (nSPS) is 14.4. The standard InChI is InChI=1S/C75H146O17P2/c1-8-10-11-12-13-25-35-42-49-56-72(77)85-62-70(92-75(80)59-52-45-38-31-24-23-28-34-41-48-55-68(7)9-2)64-89-93(81,82)87-60-69(76)61-88-94(83,84)90-65-71(63-86-73(78)57-50-43-36-29-21-18-17-20-27-33-40-47-54-67(5)6)91-74(79)58-51-44-37-30-22-16-14-15-19-26-32-39-46-53-66(3)4/h66-71,76H,8-65H2,1-7H3,(H,81,82)(H,83,84)/t68?,69-,70+,71+/m0/s1. The fourth-order valence-electron chi connectivity index (χ4n) is 11.4. The van der Waals surface area contributed by atoms with E-state index in [9.17, 15) is 43.2 Å². The van der Waals surface area contributed by atoms with Gasteiger partial charge in [0, 0.05) is 25.7 Å². The third-order valence-electron chi connectivity index (χ3n) is 17.7. The van der Waals surface area contributed by atoms with Crippen molar-refractivity contribution in [3.63, 3.8) is 0 Å². The first-order valence-corrected chi connectivity index (χ1v) is 41.9. The number of hydrogen-bond acceptors (Lipinski definition) is 15. The van der Waals surface area contributed by atoms with Gasteiger partial charge < -0.3 is 33.8 Å². The van der Waals surface area contributed by atoms with Crippen molar-refractivity contribution in [1.29, 1.82) is 0 Å². The summed E-state index contributed by atoms with van der Waals surface area (Å²) < 4.78 is 68.5. The SMILES string of the molecule is CCCCCCCCCCCC(=O)OC[C@H](COP(=O)(O)OC[C@H](O)COP(=O)(O)OC[C@@H](COC(=O)CCCCCCCCCCCCCCC(C)C)OC(=O)CCCCCCCCCCCCCCCC(C)C)OC(=O)CCCCCCCCCCCCC(C)CC. The summed E-state index contributed by atoms with van der Waals surface area (Å²) in [5.41, 5.74) is 0. The Morgan fingerprint density at radius 3 is 0.809 bits per heavy atom. The number of carbonyl (C=O) groups excluding carboxylic acids is 4. The molecule has 0 aliphatic carbocycles. The zero-order valence-electron chi connectivity index (χ0n) is 61.4. The summed E-state index contributed by atoms with van der Waals surface area (Å²) in [6.07, 6.45) is 51.2. The highest BCUT2D eigenvalue weighted by atomic mass is 31.2. The van der Waals surface area contributed by atoms with Crippen LogP contribution in [0.3, 0.4) is 0 Å². The van der Waals surface area contributed by atoms with Gasteiger partial charge in [-0.3, -0.25) is 37.3 Å². The molecule has 0 spiro atoms. The van der Waals surface area contributed by atoms with E-state index < -0.39 is 97.5 Å². The molecule has 0 saturated carbocycles. The Bertz CT molecular complexity index is 1840. The molecule has 0 bridgehead atoms. The van der Waals surface area contributed by atoms with Crippen molar-refractivity contribution in [1.82, 2.24) is 0 Å². The molecule has 558 valence electrons. The van der Waals surface area contributed by atoms with E-state index in [2.05, 4.69) is 48.5 Å². The van der Waals surface area contributed by atoms with Crippen LogP contribution in [0.1, 0.15) is 382 Å². The van der Waals surface area contributed by atoms with E-state index in [4.69, 9.17) is 37.0 Å². The van der Waals surface area contributed by atoms with Crippen LogP contribution < -0.4 is 0 Å². The molecule has 0 aromatic rings. The van der Waals surface area contributed by atoms with Crippen LogP contribution in [0.15, 0.2) is 0 Å². The lowest BCUT2D eigenvalue weighted by Crippen LogP contribution is -2.30. The van der Waals surface area contributed by atoms with Crippen molar-refractivity contribution in [2.45, 2.75) is 401 Å². The molecule has 6 atom stereocenters. The Hall–Kier alpha value is -1.94. The van der Waals surface area contributed by atoms with Crippen molar-refractivity contribution in [3.8, 4) is 0 Å². The zero-order chi connectivity index (χ0) is 69.4. The predicted molar refractivity (Wildman–Crippen MR) is 381 cm³/mol. The molecule has 19 heteroatoms. The van der Waals surface area contributed by atoms with E-state index in [1.165, 1.54) is 193 Å². The van der Waals surface area contributed by atoms with Gasteiger partial charge in [-0.2, -0.15) is 0 Å². The fourth-order valence-corrected chi connectivity index (χ4v) is 13.0. The van der Waals surface area contributed by atoms with E-state index >= 15 is 0 Å². The van der Waals surface area contributed by atoms with Crippen LogP contribution in [-0.2, 0) is 65.4 Å². The van der Waals surface area contributed by atoms with E-state index in [1.807, 2.05) is 0 Å². The molecule has 0 radical (unpaired) electrons. The second kappa shape index (κ2) is 65.7. The monoisotopic (exact) mass is 1380 g/mol. The van der Waals surface area contributed by atoms with Crippen molar-refractivity contribution in [2.75, 3.05) is 39.6 Å². The van der Waals surface area contributed by atoms with Gasteiger partial charge in [0.05, 0.1) is 26.4 Å². The van der Waals surface area contributed by atoms with E-state index in [0.29, 0.717) is 25.7 Å². The lowest BCUT2D eigenvalue weighted by Gasteiger charge is -2.21. The number of ether oxygens (including phenoxy) is 4. The summed E-state index contributed by atoms with van der Waals surface area (Å²) >= 11 is 0. The van der Waals surface area contributed by atoms with Crippen LogP contribution in [0, 0.1) is 17.8 Å². The highest BCUT2D eigenvalue weighted by molar-refractivity contribution is 7.47. The van der Waals surface area contributed by atoms with Gasteiger partial charge >= 0.3 is 39.5 Å². The van der Waals surface area contributed by atoms with Gasteiger partial charge in [0.25, 0.3) is 0 Å². The van der Waals surface area contributed by atoms with Crippen LogP contribution in [0.25, 0.3) is 0 Å². The second-order valence-corrected chi connectivity index (χ2v) is 31.1. The average molecular weight is 1380 g/mol. The van der Waals surface area contributed by atoms with Crippen LogP contribution in [0.5, 0.6) is 0 Å². The smallest absolute Gasteiger partial charge is 0.462 e. The van der Waals surface area contributed by atoms with Crippen molar-refractivity contribution >= 4 is 39.5 Å². The molecular formula is C75H146O17P2. The highest BCUT2D eigenvalue weighted by Crippen LogP contribution is 2.45. The molecule has 3 unspecified atom stereocenters. The number of phosphoric acid groups is 2. The van der Waals surface area contributed by atoms with Crippen molar-refractivity contribution in [2.24, 2.45) is 17.8 Å². The maximum absolute atomic E-state index is 13.1. The van der Waals surface area contributed by atoms with Gasteiger partial charge in [-0.1, -0.05) is 331 Å². The molecule has 0 saturated heterocycles. The minimum Gasteiger partial charge on any atom is -0.462 e. The van der Waals surface area contributed by atoms with E-state index in [0.717, 1.165) is 108 Å². The molecule has 3 N–H and O–H groups in total. The summed E-state index contributed by atoms with van der Waals surface area (Å²) in [6.45, 7) is 11.9. The Kier molecular flexibility index (Phi) is 64.3. The lowest BCUT2D eigenvalue weighted by molar-refractivity contribution is -0.161. The summed E-state index contributed by atoms with van der Waals surface area (Å²) in [6, 6.07) is 0. The summed E-state index contributed by atoms with van der Waals surface area (Å²) in [5.74, 6) is 0.252. The topological polar surface area (TPSA) is 237 Å². The van der Waals surface area contributed by atoms with Crippen LogP contribution in [0.2, 0.25) is 0 Å². The second-order valence-electron chi connectivity index (χ2n) is 28.2. The molecule has 0 amide bonds. The number of aliphatic hydroxyl groups is 1. The Morgan fingerprint density at radius 1 is 0.309 bits per heavy atom. The predicted octanol–water partition coefficient (Wildman–Crippen LogP) is 21.8. The fraction of sp³-hybridized carbons (Fsp3) is 0.947. The summed E-state index contributed by atoms with van der Waals surface area (Å²) in [5, 5.41) is 10.6. The number of unbranched alkanes of at least 4 members (excludes halogenated alkanes) is 40. The summed E-state index contributed by atoms with van der Waals surface area (Å²) in [4.78, 5) is 72.8. The molecule has 0 heterocycles. The zero-order valence-corrected chi connectivity index (χ0v) is 63.2. The molecule has 0 fully saturated rings. The third kappa shape index (κ3) is 67.3. The maximum Gasteiger partial charge on any atom is 0.472 e. The first kappa shape index (κ1) is 92.1.